The zero-order valence-corrected chi connectivity index (χ0v) is 16.3. The van der Waals surface area contributed by atoms with Gasteiger partial charge >= 0.3 is 5.97 Å². The van der Waals surface area contributed by atoms with E-state index >= 15 is 0 Å². The Labute approximate surface area is 162 Å². The number of anilines is 2. The number of fused-ring (bicyclic) bond motifs is 1. The molecule has 0 radical (unpaired) electrons. The van der Waals surface area contributed by atoms with Gasteiger partial charge in [0, 0.05) is 6.42 Å². The highest BCUT2D eigenvalue weighted by Gasteiger charge is 2.45. The van der Waals surface area contributed by atoms with Crippen molar-refractivity contribution < 1.29 is 19.1 Å². The van der Waals surface area contributed by atoms with Gasteiger partial charge in [-0.1, -0.05) is 12.1 Å². The number of para-hydroxylation sites is 2. The Morgan fingerprint density at radius 2 is 2.00 bits per heavy atom. The summed E-state index contributed by atoms with van der Waals surface area (Å²) >= 11 is 1.57. The molecule has 0 aliphatic carbocycles. The van der Waals surface area contributed by atoms with Gasteiger partial charge in [-0.15, -0.1) is 0 Å². The maximum absolute atomic E-state index is 13.1. The number of aryl methyl sites for hydroxylation is 1. The van der Waals surface area contributed by atoms with Crippen LogP contribution in [0.4, 0.5) is 11.4 Å². The summed E-state index contributed by atoms with van der Waals surface area (Å²) in [5, 5.41) is 6.74. The maximum Gasteiger partial charge on any atom is 0.306 e. The molecule has 6 nitrogen and oxygen atoms in total. The van der Waals surface area contributed by atoms with Crippen molar-refractivity contribution in [3.63, 3.8) is 0 Å². The molecule has 0 unspecified atom stereocenters. The number of thiophene rings is 1. The summed E-state index contributed by atoms with van der Waals surface area (Å²) < 4.78 is 5.35. The van der Waals surface area contributed by atoms with Crippen LogP contribution in [0, 0.1) is 0 Å². The molecule has 2 heterocycles. The predicted molar refractivity (Wildman–Crippen MR) is 105 cm³/mol. The first-order chi connectivity index (χ1) is 12.8. The van der Waals surface area contributed by atoms with E-state index in [1.165, 1.54) is 11.8 Å². The molecule has 142 valence electrons. The van der Waals surface area contributed by atoms with Crippen LogP contribution in [0.25, 0.3) is 0 Å². The molecule has 3 rings (SSSR count). The fraction of sp³-hybridized carbons (Fsp3) is 0.350. The van der Waals surface area contributed by atoms with Crippen LogP contribution in [-0.2, 0) is 25.5 Å². The van der Waals surface area contributed by atoms with E-state index in [0.29, 0.717) is 17.8 Å². The summed E-state index contributed by atoms with van der Waals surface area (Å²) in [5.74, 6) is -1.15. The highest BCUT2D eigenvalue weighted by molar-refractivity contribution is 7.07. The lowest BCUT2D eigenvalue weighted by atomic mass is 9.95. The number of hydrogen-bond acceptors (Lipinski definition) is 5. The molecule has 27 heavy (non-hydrogen) atoms. The minimum Gasteiger partial charge on any atom is -0.453 e. The SMILES string of the molecule is C[C@@H](OC(=O)CCc1ccsc1)C(=O)N1c2ccccc2NC(=O)C1(C)C. The van der Waals surface area contributed by atoms with E-state index in [9.17, 15) is 14.4 Å². The van der Waals surface area contributed by atoms with E-state index < -0.39 is 23.5 Å². The van der Waals surface area contributed by atoms with Crippen LogP contribution < -0.4 is 10.2 Å². The van der Waals surface area contributed by atoms with Crippen molar-refractivity contribution in [2.75, 3.05) is 10.2 Å². The van der Waals surface area contributed by atoms with Gasteiger partial charge in [0.15, 0.2) is 6.10 Å². The molecule has 2 aromatic rings. The first kappa shape index (κ1) is 19.1. The second-order valence-electron chi connectivity index (χ2n) is 6.97. The number of ether oxygens (including phenoxy) is 1. The van der Waals surface area contributed by atoms with Gasteiger partial charge < -0.3 is 10.1 Å². The smallest absolute Gasteiger partial charge is 0.306 e. The van der Waals surface area contributed by atoms with Crippen LogP contribution in [0.15, 0.2) is 41.1 Å². The third-order valence-electron chi connectivity index (χ3n) is 4.58. The van der Waals surface area contributed by atoms with Crippen LogP contribution in [0.5, 0.6) is 0 Å². The number of carbonyl (C=O) groups excluding carboxylic acids is 3. The minimum absolute atomic E-state index is 0.203. The van der Waals surface area contributed by atoms with E-state index in [1.807, 2.05) is 16.8 Å². The molecule has 1 atom stereocenters. The van der Waals surface area contributed by atoms with E-state index in [-0.39, 0.29) is 12.3 Å². The van der Waals surface area contributed by atoms with E-state index in [2.05, 4.69) is 5.32 Å². The first-order valence-corrected chi connectivity index (χ1v) is 9.70. The van der Waals surface area contributed by atoms with Gasteiger partial charge in [-0.3, -0.25) is 19.3 Å². The Hall–Kier alpha value is -2.67. The van der Waals surface area contributed by atoms with Gasteiger partial charge in [0.25, 0.3) is 5.91 Å². The third kappa shape index (κ3) is 3.88. The molecule has 1 aliphatic heterocycles. The fourth-order valence-corrected chi connectivity index (χ4v) is 3.72. The number of hydrogen-bond donors (Lipinski definition) is 1. The zero-order chi connectivity index (χ0) is 19.6. The number of nitrogens with one attached hydrogen (secondary N) is 1. The number of rotatable bonds is 5. The van der Waals surface area contributed by atoms with Gasteiger partial charge in [-0.05, 0) is 61.7 Å². The predicted octanol–water partition coefficient (Wildman–Crippen LogP) is 3.38. The normalized spacial score (nSPS) is 16.3. The second kappa shape index (κ2) is 7.52. The van der Waals surface area contributed by atoms with Crippen molar-refractivity contribution in [2.24, 2.45) is 0 Å². The molecule has 2 amide bonds. The van der Waals surface area contributed by atoms with Crippen LogP contribution in [0.3, 0.4) is 0 Å². The van der Waals surface area contributed by atoms with Crippen molar-refractivity contribution in [3.8, 4) is 0 Å². The molecule has 1 aromatic carbocycles. The number of esters is 1. The van der Waals surface area contributed by atoms with Crippen molar-refractivity contribution in [3.05, 3.63) is 46.7 Å². The van der Waals surface area contributed by atoms with Crippen LogP contribution >= 0.6 is 11.3 Å². The van der Waals surface area contributed by atoms with Crippen molar-refractivity contribution in [1.82, 2.24) is 0 Å². The summed E-state index contributed by atoms with van der Waals surface area (Å²) in [4.78, 5) is 39.1. The van der Waals surface area contributed by atoms with Gasteiger partial charge in [-0.25, -0.2) is 0 Å². The molecule has 1 aliphatic rings. The molecule has 1 N–H and O–H groups in total. The van der Waals surface area contributed by atoms with Crippen molar-refractivity contribution in [1.29, 1.82) is 0 Å². The Morgan fingerprint density at radius 3 is 2.70 bits per heavy atom. The van der Waals surface area contributed by atoms with Gasteiger partial charge in [-0.2, -0.15) is 11.3 Å². The summed E-state index contributed by atoms with van der Waals surface area (Å²) in [6, 6.07) is 9.04. The topological polar surface area (TPSA) is 75.7 Å². The van der Waals surface area contributed by atoms with Crippen molar-refractivity contribution in [2.45, 2.75) is 45.3 Å². The average Bonchev–Trinajstić information content (AvgIpc) is 3.14. The molecule has 0 bridgehead atoms. The third-order valence-corrected chi connectivity index (χ3v) is 5.31. The molecule has 0 spiro atoms. The highest BCUT2D eigenvalue weighted by Crippen LogP contribution is 2.37. The van der Waals surface area contributed by atoms with Gasteiger partial charge in [0.05, 0.1) is 11.4 Å². The number of benzene rings is 1. The quantitative estimate of drug-likeness (QED) is 0.800. The van der Waals surface area contributed by atoms with Gasteiger partial charge in [0.2, 0.25) is 5.91 Å². The lowest BCUT2D eigenvalue weighted by molar-refractivity contribution is -0.154. The molecule has 1 aromatic heterocycles. The largest absolute Gasteiger partial charge is 0.453 e. The molecule has 7 heteroatoms. The lowest BCUT2D eigenvalue weighted by Gasteiger charge is -2.42. The Morgan fingerprint density at radius 1 is 1.26 bits per heavy atom. The van der Waals surface area contributed by atoms with E-state index in [0.717, 1.165) is 5.56 Å². The maximum atomic E-state index is 13.1. The number of carbonyl (C=O) groups is 3. The van der Waals surface area contributed by atoms with Crippen LogP contribution in [0.1, 0.15) is 32.8 Å². The zero-order valence-electron chi connectivity index (χ0n) is 15.5. The van der Waals surface area contributed by atoms with Crippen molar-refractivity contribution >= 4 is 40.5 Å². The summed E-state index contributed by atoms with van der Waals surface area (Å²) in [6.45, 7) is 4.87. The standard InChI is InChI=1S/C20H22N2O4S/c1-13(26-17(23)9-8-14-10-11-27-12-14)18(24)22-16-7-5-4-6-15(16)21-19(25)20(22,2)3/h4-7,10-13H,8-9H2,1-3H3,(H,21,25)/t13-/m1/s1. The molecule has 0 saturated carbocycles. The fourth-order valence-electron chi connectivity index (χ4n) is 3.02. The average molecular weight is 386 g/mol. The number of amides is 2. The minimum atomic E-state index is -1.09. The number of nitrogens with zero attached hydrogens (tertiary/aromatic N) is 1. The Kier molecular flexibility index (Phi) is 5.32. The Bertz CT molecular complexity index is 861. The monoisotopic (exact) mass is 386 g/mol. The molecule has 0 fully saturated rings. The lowest BCUT2D eigenvalue weighted by Crippen LogP contribution is -2.60. The molecular weight excluding hydrogens is 364 g/mol. The van der Waals surface area contributed by atoms with E-state index in [1.54, 1.807) is 49.4 Å². The van der Waals surface area contributed by atoms with E-state index in [4.69, 9.17) is 4.74 Å². The Balaban J connectivity index is 1.73. The molecule has 0 saturated heterocycles. The molecular formula is C20H22N2O4S. The highest BCUT2D eigenvalue weighted by atomic mass is 32.1. The van der Waals surface area contributed by atoms with Crippen LogP contribution in [0.2, 0.25) is 0 Å². The summed E-state index contributed by atoms with van der Waals surface area (Å²) in [6.07, 6.45) is -0.211. The summed E-state index contributed by atoms with van der Waals surface area (Å²) in [7, 11) is 0. The van der Waals surface area contributed by atoms with Gasteiger partial charge in [0.1, 0.15) is 5.54 Å². The summed E-state index contributed by atoms with van der Waals surface area (Å²) in [5.41, 5.74) is 1.13. The van der Waals surface area contributed by atoms with Crippen LogP contribution in [-0.4, -0.2) is 29.4 Å². The first-order valence-electron chi connectivity index (χ1n) is 8.76. The second-order valence-corrected chi connectivity index (χ2v) is 7.75.